The molecule has 1 unspecified atom stereocenters. The van der Waals surface area contributed by atoms with E-state index < -0.39 is 11.6 Å². The van der Waals surface area contributed by atoms with Crippen molar-refractivity contribution in [1.82, 2.24) is 9.55 Å². The number of ether oxygens (including phenoxy) is 1. The lowest BCUT2D eigenvalue weighted by Crippen LogP contribution is -2.44. The summed E-state index contributed by atoms with van der Waals surface area (Å²) in [6.45, 7) is 2.24. The quantitative estimate of drug-likeness (QED) is 0.267. The molecular weight excluding hydrogens is 456 g/mol. The monoisotopic (exact) mass is 480 g/mol. The summed E-state index contributed by atoms with van der Waals surface area (Å²) in [5.41, 5.74) is 10.7. The van der Waals surface area contributed by atoms with Crippen LogP contribution in [0.5, 0.6) is 0 Å². The van der Waals surface area contributed by atoms with Crippen molar-refractivity contribution in [2.24, 2.45) is 5.73 Å². The lowest BCUT2D eigenvalue weighted by molar-refractivity contribution is -0.172. The topological polar surface area (TPSA) is 131 Å². The Bertz CT molecular complexity index is 1660. The number of pyridine rings is 2. The summed E-state index contributed by atoms with van der Waals surface area (Å²) in [4.78, 5) is 31.0. The molecule has 0 aliphatic carbocycles. The molecule has 6 rings (SSSR count). The van der Waals surface area contributed by atoms with E-state index in [-0.39, 0.29) is 18.6 Å². The maximum absolute atomic E-state index is 13.6. The fourth-order valence-electron chi connectivity index (χ4n) is 5.32. The molecule has 0 bridgehead atoms. The maximum Gasteiger partial charge on any atom is 0.343 e. The highest BCUT2D eigenvalue weighted by Crippen LogP contribution is 2.43. The van der Waals surface area contributed by atoms with Crippen molar-refractivity contribution >= 4 is 23.1 Å². The summed E-state index contributed by atoms with van der Waals surface area (Å²) < 4.78 is 6.82. The molecule has 4 N–H and O–H groups in total. The van der Waals surface area contributed by atoms with Crippen LogP contribution in [-0.4, -0.2) is 26.8 Å². The molecule has 0 radical (unpaired) electrons. The van der Waals surface area contributed by atoms with Crippen molar-refractivity contribution in [2.45, 2.75) is 38.6 Å². The molecule has 0 amide bonds. The number of carbonyl (C=O) groups is 1. The number of nitrogens with zero attached hydrogens (tertiary/aromatic N) is 2. The van der Waals surface area contributed by atoms with Gasteiger partial charge in [0.15, 0.2) is 5.60 Å². The number of fused-ring (bicyclic) bond motifs is 5. The molecule has 180 valence electrons. The van der Waals surface area contributed by atoms with E-state index >= 15 is 0 Å². The van der Waals surface area contributed by atoms with Crippen LogP contribution in [-0.2, 0) is 34.8 Å². The maximum atomic E-state index is 13.6. The molecule has 4 heterocycles. The lowest BCUT2D eigenvalue weighted by atomic mass is 9.86. The molecule has 1 atom stereocenters. The van der Waals surface area contributed by atoms with Crippen LogP contribution in [0.25, 0.3) is 33.4 Å². The number of hydrogen-bond donors (Lipinski definition) is 3. The summed E-state index contributed by atoms with van der Waals surface area (Å²) in [7, 11) is 0. The predicted octanol–water partition coefficient (Wildman–Crippen LogP) is 3.20. The van der Waals surface area contributed by atoms with Gasteiger partial charge in [-0.2, -0.15) is 0 Å². The predicted molar refractivity (Wildman–Crippen MR) is 136 cm³/mol. The van der Waals surface area contributed by atoms with E-state index in [0.29, 0.717) is 35.6 Å². The molecule has 2 aliphatic heterocycles. The van der Waals surface area contributed by atoms with E-state index in [1.165, 1.54) is 6.21 Å². The Morgan fingerprint density at radius 1 is 1.17 bits per heavy atom. The molecule has 8 heteroatoms. The molecule has 0 fully saturated rings. The SMILES string of the molecule is CCC1(O)C(=O)OCc2c1cc1n(c2=O)Cc2c-1nc1ccc(C=N)cc1c2-c1ccc(CN)cc1. The highest BCUT2D eigenvalue weighted by Gasteiger charge is 2.45. The molecule has 0 saturated heterocycles. The zero-order chi connectivity index (χ0) is 25.2. The number of carbonyl (C=O) groups excluding carboxylic acids is 1. The van der Waals surface area contributed by atoms with Crippen LogP contribution >= 0.6 is 0 Å². The Labute approximate surface area is 206 Å². The van der Waals surface area contributed by atoms with Crippen molar-refractivity contribution in [3.63, 3.8) is 0 Å². The molecular formula is C28H24N4O4. The van der Waals surface area contributed by atoms with Gasteiger partial charge in [-0.15, -0.1) is 0 Å². The van der Waals surface area contributed by atoms with E-state index in [1.807, 2.05) is 42.5 Å². The third-order valence-corrected chi connectivity index (χ3v) is 7.36. The van der Waals surface area contributed by atoms with Gasteiger partial charge >= 0.3 is 5.97 Å². The fourth-order valence-corrected chi connectivity index (χ4v) is 5.32. The molecule has 8 nitrogen and oxygen atoms in total. The number of nitrogens with one attached hydrogen (secondary N) is 1. The van der Waals surface area contributed by atoms with Crippen LogP contribution < -0.4 is 11.3 Å². The standard InChI is InChI=1S/C28H24N4O4/c1-2-28(35)21-10-23-25-19(13-32(23)26(33)20(21)14-36-27(28)34)24(17-6-3-15(11-29)4-7-17)18-9-16(12-30)5-8-22(18)31-25/h3-10,12,30,35H,2,11,13-14,29H2,1H3. The van der Waals surface area contributed by atoms with Gasteiger partial charge in [0.25, 0.3) is 5.56 Å². The second-order valence-corrected chi connectivity index (χ2v) is 9.24. The average molecular weight is 481 g/mol. The first-order valence-corrected chi connectivity index (χ1v) is 11.8. The van der Waals surface area contributed by atoms with Gasteiger partial charge in [-0.1, -0.05) is 37.3 Å². The Balaban J connectivity index is 1.67. The first-order valence-electron chi connectivity index (χ1n) is 11.8. The van der Waals surface area contributed by atoms with Crippen molar-refractivity contribution in [3.8, 4) is 22.5 Å². The average Bonchev–Trinajstić information content (AvgIpc) is 3.28. The summed E-state index contributed by atoms with van der Waals surface area (Å²) in [6, 6.07) is 15.3. The molecule has 4 aromatic rings. The van der Waals surface area contributed by atoms with E-state index in [4.69, 9.17) is 20.9 Å². The second kappa shape index (κ2) is 7.94. The number of nitrogens with two attached hydrogens (primary N) is 1. The van der Waals surface area contributed by atoms with Gasteiger partial charge in [0.2, 0.25) is 0 Å². The summed E-state index contributed by atoms with van der Waals surface area (Å²) in [5, 5.41) is 19.8. The highest BCUT2D eigenvalue weighted by molar-refractivity contribution is 6.02. The van der Waals surface area contributed by atoms with Gasteiger partial charge in [-0.3, -0.25) is 4.79 Å². The Morgan fingerprint density at radius 3 is 2.64 bits per heavy atom. The van der Waals surface area contributed by atoms with Gasteiger partial charge in [0.05, 0.1) is 29.0 Å². The van der Waals surface area contributed by atoms with E-state index in [9.17, 15) is 14.7 Å². The van der Waals surface area contributed by atoms with Crippen LogP contribution in [0.1, 0.15) is 41.2 Å². The van der Waals surface area contributed by atoms with E-state index in [0.717, 1.165) is 38.7 Å². The minimum atomic E-state index is -1.87. The molecule has 2 aromatic heterocycles. The molecule has 0 saturated carbocycles. The third-order valence-electron chi connectivity index (χ3n) is 7.36. The normalized spacial score (nSPS) is 17.9. The number of benzene rings is 2. The Kier molecular flexibility index (Phi) is 4.93. The minimum Gasteiger partial charge on any atom is -0.458 e. The summed E-state index contributed by atoms with van der Waals surface area (Å²) in [5.74, 6) is -0.744. The largest absolute Gasteiger partial charge is 0.458 e. The van der Waals surface area contributed by atoms with Gasteiger partial charge in [-0.25, -0.2) is 9.78 Å². The molecule has 0 spiro atoms. The van der Waals surface area contributed by atoms with Crippen molar-refractivity contribution in [3.05, 3.63) is 86.7 Å². The summed E-state index contributed by atoms with van der Waals surface area (Å²) >= 11 is 0. The zero-order valence-corrected chi connectivity index (χ0v) is 19.7. The van der Waals surface area contributed by atoms with Crippen LogP contribution in [0.2, 0.25) is 0 Å². The number of cyclic esters (lactones) is 1. The molecule has 2 aromatic carbocycles. The molecule has 36 heavy (non-hydrogen) atoms. The van der Waals surface area contributed by atoms with Crippen LogP contribution in [0.4, 0.5) is 0 Å². The number of hydrogen-bond acceptors (Lipinski definition) is 7. The summed E-state index contributed by atoms with van der Waals surface area (Å²) in [6.07, 6.45) is 1.38. The van der Waals surface area contributed by atoms with E-state index in [2.05, 4.69) is 0 Å². The molecule has 2 aliphatic rings. The van der Waals surface area contributed by atoms with Gasteiger partial charge in [0.1, 0.15) is 6.61 Å². The van der Waals surface area contributed by atoms with Crippen molar-refractivity contribution in [2.75, 3.05) is 0 Å². The number of aromatic nitrogens is 2. The lowest BCUT2D eigenvalue weighted by Gasteiger charge is -2.31. The fraction of sp³-hybridized carbons (Fsp3) is 0.214. The van der Waals surface area contributed by atoms with Gasteiger partial charge in [-0.05, 0) is 46.9 Å². The Hall–Kier alpha value is -4.14. The van der Waals surface area contributed by atoms with Gasteiger partial charge in [0, 0.05) is 29.3 Å². The zero-order valence-electron chi connectivity index (χ0n) is 19.7. The van der Waals surface area contributed by atoms with Crippen LogP contribution in [0, 0.1) is 5.41 Å². The van der Waals surface area contributed by atoms with Crippen molar-refractivity contribution < 1.29 is 14.6 Å². The first kappa shape index (κ1) is 22.3. The number of esters is 1. The highest BCUT2D eigenvalue weighted by atomic mass is 16.6. The van der Waals surface area contributed by atoms with Crippen LogP contribution in [0.3, 0.4) is 0 Å². The number of rotatable bonds is 4. The number of aliphatic hydroxyl groups is 1. The minimum absolute atomic E-state index is 0.0882. The smallest absolute Gasteiger partial charge is 0.343 e. The van der Waals surface area contributed by atoms with E-state index in [1.54, 1.807) is 17.6 Å². The first-order chi connectivity index (χ1) is 17.4. The Morgan fingerprint density at radius 2 is 1.94 bits per heavy atom. The third kappa shape index (κ3) is 3.01. The second-order valence-electron chi connectivity index (χ2n) is 9.24. The van der Waals surface area contributed by atoms with Gasteiger partial charge < -0.3 is 25.6 Å². The van der Waals surface area contributed by atoms with Crippen molar-refractivity contribution in [1.29, 1.82) is 5.41 Å². The van der Waals surface area contributed by atoms with Crippen LogP contribution in [0.15, 0.2) is 53.3 Å².